The lowest BCUT2D eigenvalue weighted by Gasteiger charge is -2.13. The van der Waals surface area contributed by atoms with E-state index >= 15 is 0 Å². The molecule has 0 radical (unpaired) electrons. The maximum Gasteiger partial charge on any atom is 0.143 e. The van der Waals surface area contributed by atoms with Crippen molar-refractivity contribution in [3.8, 4) is 33.5 Å². The molecular formula is C47H27NOS. The maximum absolute atomic E-state index is 6.38. The standard InChI is InChI=1S/C47H27NOS/c1-2-10-32-26-33(21-16-28(32)8-1)39-27-40(31-19-17-30(18-20-31)35-13-7-14-38-36-12-5-6-15-41(36)49-47(35)38)48-46-37(39)23-25-43-45(46)44-34-11-4-3-9-29(34)22-24-42(44)50-43/h1-27H. The average Bonchev–Trinajstić information content (AvgIpc) is 3.77. The predicted molar refractivity (Wildman–Crippen MR) is 213 cm³/mol. The van der Waals surface area contributed by atoms with Crippen LogP contribution < -0.4 is 0 Å². The zero-order valence-corrected chi connectivity index (χ0v) is 27.7. The van der Waals surface area contributed by atoms with E-state index in [0.29, 0.717) is 0 Å². The molecule has 0 amide bonds. The first-order chi connectivity index (χ1) is 24.8. The molecule has 0 bridgehead atoms. The Kier molecular flexibility index (Phi) is 5.86. The van der Waals surface area contributed by atoms with E-state index in [1.54, 1.807) is 0 Å². The molecule has 2 nitrogen and oxygen atoms in total. The van der Waals surface area contributed by atoms with Gasteiger partial charge in [-0.05, 0) is 68.6 Å². The van der Waals surface area contributed by atoms with Gasteiger partial charge in [-0.2, -0.15) is 0 Å². The van der Waals surface area contributed by atoms with Crippen LogP contribution in [0.5, 0.6) is 0 Å². The normalized spacial score (nSPS) is 12.0. The lowest BCUT2D eigenvalue weighted by molar-refractivity contribution is 0.670. The molecule has 0 spiro atoms. The third kappa shape index (κ3) is 4.11. The summed E-state index contributed by atoms with van der Waals surface area (Å²) in [4.78, 5) is 5.52. The van der Waals surface area contributed by atoms with E-state index < -0.39 is 0 Å². The van der Waals surface area contributed by atoms with E-state index in [1.165, 1.54) is 52.8 Å². The third-order valence-corrected chi connectivity index (χ3v) is 11.4. The highest BCUT2D eigenvalue weighted by Crippen LogP contribution is 2.44. The monoisotopic (exact) mass is 653 g/mol. The molecule has 0 aliphatic carbocycles. The van der Waals surface area contributed by atoms with E-state index in [4.69, 9.17) is 9.40 Å². The van der Waals surface area contributed by atoms with Gasteiger partial charge in [-0.3, -0.25) is 0 Å². The smallest absolute Gasteiger partial charge is 0.143 e. The van der Waals surface area contributed by atoms with Crippen molar-refractivity contribution in [3.63, 3.8) is 0 Å². The summed E-state index contributed by atoms with van der Waals surface area (Å²) in [5.41, 5.74) is 9.50. The van der Waals surface area contributed by atoms with Crippen LogP contribution >= 0.6 is 11.3 Å². The molecule has 0 N–H and O–H groups in total. The lowest BCUT2D eigenvalue weighted by atomic mass is 9.94. The fourth-order valence-corrected chi connectivity index (χ4v) is 8.98. The fraction of sp³-hybridized carbons (Fsp3) is 0. The Hall–Kier alpha value is -6.29. The summed E-state index contributed by atoms with van der Waals surface area (Å²) in [5, 5.41) is 11.0. The van der Waals surface area contributed by atoms with Gasteiger partial charge in [0.05, 0.1) is 11.2 Å². The third-order valence-electron chi connectivity index (χ3n) is 10.3. The van der Waals surface area contributed by atoms with Gasteiger partial charge in [-0.1, -0.05) is 133 Å². The second-order valence-corrected chi connectivity index (χ2v) is 14.2. The second-order valence-electron chi connectivity index (χ2n) is 13.1. The van der Waals surface area contributed by atoms with Crippen molar-refractivity contribution >= 4 is 85.9 Å². The van der Waals surface area contributed by atoms with Gasteiger partial charge in [-0.25, -0.2) is 4.98 Å². The number of hydrogen-bond acceptors (Lipinski definition) is 3. The molecule has 0 saturated heterocycles. The minimum Gasteiger partial charge on any atom is -0.455 e. The summed E-state index contributed by atoms with van der Waals surface area (Å²) in [6.45, 7) is 0. The van der Waals surface area contributed by atoms with Crippen LogP contribution in [0.15, 0.2) is 168 Å². The number of para-hydroxylation sites is 2. The quantitative estimate of drug-likeness (QED) is 0.190. The lowest BCUT2D eigenvalue weighted by Crippen LogP contribution is -1.91. The van der Waals surface area contributed by atoms with Crippen LogP contribution in [0.1, 0.15) is 0 Å². The van der Waals surface area contributed by atoms with E-state index in [1.807, 2.05) is 23.5 Å². The highest BCUT2D eigenvalue weighted by Gasteiger charge is 2.18. The van der Waals surface area contributed by atoms with E-state index in [9.17, 15) is 0 Å². The number of nitrogens with zero attached hydrogens (tertiary/aromatic N) is 1. The molecular weight excluding hydrogens is 627 g/mol. The Morgan fingerprint density at radius 2 is 1.10 bits per heavy atom. The summed E-state index contributed by atoms with van der Waals surface area (Å²) in [5.74, 6) is 0. The molecule has 232 valence electrons. The Balaban J connectivity index is 1.16. The largest absolute Gasteiger partial charge is 0.455 e. The van der Waals surface area contributed by atoms with Crippen molar-refractivity contribution < 1.29 is 4.42 Å². The van der Waals surface area contributed by atoms with E-state index in [2.05, 4.69) is 152 Å². The molecule has 0 fully saturated rings. The second kappa shape index (κ2) is 10.6. The number of hydrogen-bond donors (Lipinski definition) is 0. The Bertz CT molecular complexity index is 3150. The van der Waals surface area contributed by atoms with Crippen LogP contribution in [0.4, 0.5) is 0 Å². The van der Waals surface area contributed by atoms with Gasteiger partial charge in [0.1, 0.15) is 11.2 Å². The molecule has 0 aliphatic rings. The maximum atomic E-state index is 6.38. The molecule has 0 saturated carbocycles. The predicted octanol–water partition coefficient (Wildman–Crippen LogP) is 13.8. The van der Waals surface area contributed by atoms with Gasteiger partial charge in [0.2, 0.25) is 0 Å². The van der Waals surface area contributed by atoms with Crippen molar-refractivity contribution in [2.75, 3.05) is 0 Å². The summed E-state index contributed by atoms with van der Waals surface area (Å²) >= 11 is 1.85. The SMILES string of the molecule is c1ccc2cc(-c3cc(-c4ccc(-c5cccc6c5oc5ccccc56)cc4)nc4c3ccc3sc5ccc6ccccc6c5c34)ccc2c1. The molecule has 3 aromatic heterocycles. The number of thiophene rings is 1. The van der Waals surface area contributed by atoms with Gasteiger partial charge in [0.15, 0.2) is 0 Å². The van der Waals surface area contributed by atoms with Gasteiger partial charge in [0.25, 0.3) is 0 Å². The zero-order valence-electron chi connectivity index (χ0n) is 26.9. The van der Waals surface area contributed by atoms with Crippen LogP contribution in [0.25, 0.3) is 108 Å². The van der Waals surface area contributed by atoms with Crippen molar-refractivity contribution in [1.29, 1.82) is 0 Å². The summed E-state index contributed by atoms with van der Waals surface area (Å²) < 4.78 is 8.93. The van der Waals surface area contributed by atoms with Crippen molar-refractivity contribution in [1.82, 2.24) is 4.98 Å². The number of fused-ring (bicyclic) bond motifs is 11. The summed E-state index contributed by atoms with van der Waals surface area (Å²) in [6.07, 6.45) is 0. The fourth-order valence-electron chi connectivity index (χ4n) is 7.85. The van der Waals surface area contributed by atoms with Crippen LogP contribution in [-0.2, 0) is 0 Å². The summed E-state index contributed by atoms with van der Waals surface area (Å²) in [6, 6.07) is 58.9. The van der Waals surface area contributed by atoms with E-state index in [0.717, 1.165) is 55.2 Å². The Labute approximate surface area is 291 Å². The average molecular weight is 654 g/mol. The van der Waals surface area contributed by atoms with Gasteiger partial charge in [0, 0.05) is 47.5 Å². The van der Waals surface area contributed by atoms with Crippen LogP contribution in [-0.4, -0.2) is 4.98 Å². The topological polar surface area (TPSA) is 26.0 Å². The van der Waals surface area contributed by atoms with Crippen molar-refractivity contribution in [2.24, 2.45) is 0 Å². The van der Waals surface area contributed by atoms with Crippen LogP contribution in [0.3, 0.4) is 0 Å². The summed E-state index contributed by atoms with van der Waals surface area (Å²) in [7, 11) is 0. The van der Waals surface area contributed by atoms with E-state index in [-0.39, 0.29) is 0 Å². The number of benzene rings is 8. The number of furan rings is 1. The number of pyridine rings is 1. The highest BCUT2D eigenvalue weighted by molar-refractivity contribution is 7.26. The Morgan fingerprint density at radius 1 is 0.420 bits per heavy atom. The number of rotatable bonds is 3. The molecule has 3 heteroatoms. The first-order valence-electron chi connectivity index (χ1n) is 16.9. The zero-order chi connectivity index (χ0) is 32.8. The van der Waals surface area contributed by atoms with Gasteiger partial charge in [-0.15, -0.1) is 11.3 Å². The first-order valence-corrected chi connectivity index (χ1v) is 17.8. The number of aromatic nitrogens is 1. The van der Waals surface area contributed by atoms with Gasteiger partial charge >= 0.3 is 0 Å². The minimum absolute atomic E-state index is 0.910. The molecule has 50 heavy (non-hydrogen) atoms. The van der Waals surface area contributed by atoms with Crippen molar-refractivity contribution in [2.45, 2.75) is 0 Å². The molecule has 0 aliphatic heterocycles. The van der Waals surface area contributed by atoms with Crippen molar-refractivity contribution in [3.05, 3.63) is 164 Å². The molecule has 0 unspecified atom stereocenters. The Morgan fingerprint density at radius 3 is 2.00 bits per heavy atom. The molecule has 11 aromatic rings. The van der Waals surface area contributed by atoms with Gasteiger partial charge < -0.3 is 4.42 Å². The molecule has 3 heterocycles. The molecule has 0 atom stereocenters. The first kappa shape index (κ1) is 27.6. The minimum atomic E-state index is 0.910. The molecule has 8 aromatic carbocycles. The molecule has 11 rings (SSSR count). The highest BCUT2D eigenvalue weighted by atomic mass is 32.1. The van der Waals surface area contributed by atoms with Crippen LogP contribution in [0, 0.1) is 0 Å². The van der Waals surface area contributed by atoms with Crippen LogP contribution in [0.2, 0.25) is 0 Å².